The van der Waals surface area contributed by atoms with Gasteiger partial charge in [-0.3, -0.25) is 10.1 Å². The fourth-order valence-electron chi connectivity index (χ4n) is 3.20. The van der Waals surface area contributed by atoms with Gasteiger partial charge in [-0.05, 0) is 31.2 Å². The number of ether oxygens (including phenoxy) is 1. The third-order valence-electron chi connectivity index (χ3n) is 4.29. The van der Waals surface area contributed by atoms with Crippen LogP contribution in [0.5, 0.6) is 0 Å². The van der Waals surface area contributed by atoms with Crippen molar-refractivity contribution < 1.29 is 9.53 Å². The third kappa shape index (κ3) is 2.30. The SMILES string of the molecule is N#C[C@@]12CCCC[C@H]1OC(=O)[C@H](Cc1ccccc1)N2. The van der Waals surface area contributed by atoms with Crippen LogP contribution in [0.3, 0.4) is 0 Å². The Kier molecular flexibility index (Phi) is 3.45. The number of morpholine rings is 1. The second-order valence-electron chi connectivity index (χ2n) is 5.64. The summed E-state index contributed by atoms with van der Waals surface area (Å²) in [5.41, 5.74) is 0.385. The second kappa shape index (κ2) is 5.26. The molecule has 1 heterocycles. The van der Waals surface area contributed by atoms with Gasteiger partial charge >= 0.3 is 5.97 Å². The number of nitrogens with zero attached hydrogens (tertiary/aromatic N) is 1. The molecule has 0 bridgehead atoms. The smallest absolute Gasteiger partial charge is 0.323 e. The van der Waals surface area contributed by atoms with Gasteiger partial charge in [-0.25, -0.2) is 0 Å². The van der Waals surface area contributed by atoms with Crippen LogP contribution in [0.4, 0.5) is 0 Å². The van der Waals surface area contributed by atoms with Crippen molar-refractivity contribution in [3.05, 3.63) is 35.9 Å². The molecule has 2 fully saturated rings. The largest absolute Gasteiger partial charge is 0.458 e. The minimum Gasteiger partial charge on any atom is -0.458 e. The molecular weight excluding hydrogens is 252 g/mol. The molecule has 104 valence electrons. The third-order valence-corrected chi connectivity index (χ3v) is 4.29. The molecule has 1 aliphatic carbocycles. The van der Waals surface area contributed by atoms with Gasteiger partial charge in [0, 0.05) is 0 Å². The summed E-state index contributed by atoms with van der Waals surface area (Å²) in [4.78, 5) is 12.1. The maximum atomic E-state index is 12.1. The molecule has 3 atom stereocenters. The Hall–Kier alpha value is -1.86. The van der Waals surface area contributed by atoms with Gasteiger partial charge in [0.1, 0.15) is 17.7 Å². The fraction of sp³-hybridized carbons (Fsp3) is 0.500. The summed E-state index contributed by atoms with van der Waals surface area (Å²) in [6, 6.07) is 11.8. The predicted molar refractivity (Wildman–Crippen MR) is 73.8 cm³/mol. The number of esters is 1. The zero-order chi connectivity index (χ0) is 14.0. The van der Waals surface area contributed by atoms with Crippen LogP contribution in [-0.2, 0) is 16.0 Å². The van der Waals surface area contributed by atoms with E-state index >= 15 is 0 Å². The summed E-state index contributed by atoms with van der Waals surface area (Å²) in [6.07, 6.45) is 3.84. The van der Waals surface area contributed by atoms with E-state index in [0.29, 0.717) is 6.42 Å². The lowest BCUT2D eigenvalue weighted by molar-refractivity contribution is -0.166. The Morgan fingerprint density at radius 2 is 2.15 bits per heavy atom. The van der Waals surface area contributed by atoms with Crippen molar-refractivity contribution in [2.45, 2.75) is 49.8 Å². The first-order chi connectivity index (χ1) is 9.73. The molecule has 0 amide bonds. The quantitative estimate of drug-likeness (QED) is 0.834. The van der Waals surface area contributed by atoms with Gasteiger partial charge in [0.05, 0.1) is 6.07 Å². The average Bonchev–Trinajstić information content (AvgIpc) is 2.49. The minimum absolute atomic E-state index is 0.230. The molecule has 4 heteroatoms. The lowest BCUT2D eigenvalue weighted by Gasteiger charge is -2.45. The van der Waals surface area contributed by atoms with E-state index in [4.69, 9.17) is 4.74 Å². The fourth-order valence-corrected chi connectivity index (χ4v) is 3.20. The van der Waals surface area contributed by atoms with Crippen molar-refractivity contribution in [3.8, 4) is 6.07 Å². The maximum Gasteiger partial charge on any atom is 0.323 e. The average molecular weight is 270 g/mol. The summed E-state index contributed by atoms with van der Waals surface area (Å²) < 4.78 is 5.55. The molecule has 0 radical (unpaired) electrons. The number of hydrogen-bond donors (Lipinski definition) is 1. The summed E-state index contributed by atoms with van der Waals surface area (Å²) in [7, 11) is 0. The zero-order valence-corrected chi connectivity index (χ0v) is 11.3. The summed E-state index contributed by atoms with van der Waals surface area (Å²) in [6.45, 7) is 0. The van der Waals surface area contributed by atoms with E-state index in [1.54, 1.807) is 0 Å². The van der Waals surface area contributed by atoms with E-state index in [-0.39, 0.29) is 12.1 Å². The highest BCUT2D eigenvalue weighted by atomic mass is 16.6. The number of nitrogens with one attached hydrogen (secondary N) is 1. The van der Waals surface area contributed by atoms with Gasteiger partial charge in [-0.1, -0.05) is 36.8 Å². The second-order valence-corrected chi connectivity index (χ2v) is 5.64. The maximum absolute atomic E-state index is 12.1. The van der Waals surface area contributed by atoms with Crippen LogP contribution in [0.15, 0.2) is 30.3 Å². The standard InChI is InChI=1S/C16H18N2O2/c17-11-16-9-5-4-8-14(16)20-15(19)13(18-16)10-12-6-2-1-3-7-12/h1-3,6-7,13-14,18H,4-5,8-10H2/t13-,14+,16-/m0/s1. The molecular formula is C16H18N2O2. The van der Waals surface area contributed by atoms with Crippen molar-refractivity contribution in [1.82, 2.24) is 5.32 Å². The van der Waals surface area contributed by atoms with Gasteiger partial charge in [-0.2, -0.15) is 5.26 Å². The van der Waals surface area contributed by atoms with Crippen molar-refractivity contribution in [2.24, 2.45) is 0 Å². The van der Waals surface area contributed by atoms with Crippen molar-refractivity contribution in [3.63, 3.8) is 0 Å². The van der Waals surface area contributed by atoms with Crippen LogP contribution < -0.4 is 5.32 Å². The molecule has 4 nitrogen and oxygen atoms in total. The van der Waals surface area contributed by atoms with Gasteiger partial charge in [0.15, 0.2) is 0 Å². The van der Waals surface area contributed by atoms with Crippen LogP contribution in [0.25, 0.3) is 0 Å². The molecule has 0 aromatic heterocycles. The van der Waals surface area contributed by atoms with Crippen molar-refractivity contribution >= 4 is 5.97 Å². The zero-order valence-electron chi connectivity index (χ0n) is 11.3. The van der Waals surface area contributed by atoms with Gasteiger partial charge in [-0.15, -0.1) is 0 Å². The van der Waals surface area contributed by atoms with E-state index in [1.165, 1.54) is 0 Å². The number of fused-ring (bicyclic) bond motifs is 1. The molecule has 1 aromatic rings. The molecule has 0 spiro atoms. The van der Waals surface area contributed by atoms with Crippen LogP contribution in [-0.4, -0.2) is 23.7 Å². The summed E-state index contributed by atoms with van der Waals surface area (Å²) in [5.74, 6) is -0.230. The molecule has 1 N–H and O–H groups in total. The van der Waals surface area contributed by atoms with Gasteiger partial charge < -0.3 is 4.74 Å². The van der Waals surface area contributed by atoms with Gasteiger partial charge in [0.2, 0.25) is 0 Å². The lowest BCUT2D eigenvalue weighted by atomic mass is 9.78. The van der Waals surface area contributed by atoms with E-state index in [9.17, 15) is 10.1 Å². The molecule has 1 saturated heterocycles. The molecule has 1 aromatic carbocycles. The Balaban J connectivity index is 1.79. The Morgan fingerprint density at radius 1 is 1.35 bits per heavy atom. The summed E-state index contributed by atoms with van der Waals surface area (Å²) in [5, 5.41) is 12.8. The number of hydrogen-bond acceptors (Lipinski definition) is 4. The first kappa shape index (κ1) is 13.1. The molecule has 20 heavy (non-hydrogen) atoms. The van der Waals surface area contributed by atoms with E-state index in [2.05, 4.69) is 11.4 Å². The highest BCUT2D eigenvalue weighted by Crippen LogP contribution is 2.34. The van der Waals surface area contributed by atoms with E-state index < -0.39 is 11.6 Å². The number of nitriles is 1. The van der Waals surface area contributed by atoms with Crippen LogP contribution in [0, 0.1) is 11.3 Å². The number of rotatable bonds is 2. The van der Waals surface area contributed by atoms with Crippen LogP contribution >= 0.6 is 0 Å². The molecule has 3 rings (SSSR count). The number of carbonyl (C=O) groups excluding carboxylic acids is 1. The Morgan fingerprint density at radius 3 is 2.90 bits per heavy atom. The van der Waals surface area contributed by atoms with Crippen LogP contribution in [0.2, 0.25) is 0 Å². The van der Waals surface area contributed by atoms with E-state index in [1.807, 2.05) is 30.3 Å². The molecule has 2 aliphatic rings. The Labute approximate surface area is 118 Å². The highest BCUT2D eigenvalue weighted by Gasteiger charge is 2.50. The predicted octanol–water partition coefficient (Wildman–Crippen LogP) is 1.95. The first-order valence-electron chi connectivity index (χ1n) is 7.17. The van der Waals surface area contributed by atoms with Gasteiger partial charge in [0.25, 0.3) is 0 Å². The number of benzene rings is 1. The monoisotopic (exact) mass is 270 g/mol. The van der Waals surface area contributed by atoms with Crippen molar-refractivity contribution in [2.75, 3.05) is 0 Å². The van der Waals surface area contributed by atoms with Crippen molar-refractivity contribution in [1.29, 1.82) is 5.26 Å². The van der Waals surface area contributed by atoms with Crippen LogP contribution in [0.1, 0.15) is 31.2 Å². The normalized spacial score (nSPS) is 32.9. The summed E-state index contributed by atoms with van der Waals surface area (Å²) >= 11 is 0. The lowest BCUT2D eigenvalue weighted by Crippen LogP contribution is -2.66. The molecule has 0 unspecified atom stereocenters. The Bertz CT molecular complexity index is 537. The minimum atomic E-state index is -0.689. The highest BCUT2D eigenvalue weighted by molar-refractivity contribution is 5.78. The molecule has 1 aliphatic heterocycles. The first-order valence-corrected chi connectivity index (χ1v) is 7.17. The topological polar surface area (TPSA) is 62.1 Å². The van der Waals surface area contributed by atoms with E-state index in [0.717, 1.165) is 31.2 Å². The number of carbonyl (C=O) groups is 1. The molecule has 1 saturated carbocycles.